The lowest BCUT2D eigenvalue weighted by atomic mass is 10.3. The fourth-order valence-electron chi connectivity index (χ4n) is 1.86. The van der Waals surface area contributed by atoms with E-state index in [1.165, 1.54) is 0 Å². The Kier molecular flexibility index (Phi) is 4.76. The maximum atomic E-state index is 12.3. The minimum atomic E-state index is -0.806. The zero-order chi connectivity index (χ0) is 13.8. The number of halogens is 1. The van der Waals surface area contributed by atoms with E-state index < -0.39 is 10.8 Å². The third-order valence-electron chi connectivity index (χ3n) is 2.87. The van der Waals surface area contributed by atoms with Gasteiger partial charge in [0.15, 0.2) is 0 Å². The van der Waals surface area contributed by atoms with E-state index >= 15 is 0 Å². The molecular formula is C12H16ClN3O2S. The molecule has 1 amide bonds. The van der Waals surface area contributed by atoms with Gasteiger partial charge in [-0.05, 0) is 19.1 Å². The Morgan fingerprint density at radius 2 is 2.16 bits per heavy atom. The topological polar surface area (TPSA) is 62.3 Å². The SMILES string of the molecule is CCNc1ccc(Cl)c(C(=O)N2CCS(=O)CC2)n1. The third kappa shape index (κ3) is 3.45. The van der Waals surface area contributed by atoms with Crippen molar-refractivity contribution in [3.63, 3.8) is 0 Å². The number of anilines is 1. The largest absolute Gasteiger partial charge is 0.370 e. The summed E-state index contributed by atoms with van der Waals surface area (Å²) < 4.78 is 11.3. The van der Waals surface area contributed by atoms with Crippen LogP contribution in [0.5, 0.6) is 0 Å². The van der Waals surface area contributed by atoms with Crippen LogP contribution >= 0.6 is 11.6 Å². The van der Waals surface area contributed by atoms with Crippen LogP contribution in [0.4, 0.5) is 5.82 Å². The van der Waals surface area contributed by atoms with Gasteiger partial charge in [0, 0.05) is 41.9 Å². The van der Waals surface area contributed by atoms with E-state index in [2.05, 4.69) is 10.3 Å². The van der Waals surface area contributed by atoms with E-state index in [0.29, 0.717) is 35.4 Å². The number of aromatic nitrogens is 1. The van der Waals surface area contributed by atoms with Gasteiger partial charge in [0.25, 0.3) is 5.91 Å². The molecule has 104 valence electrons. The number of carbonyl (C=O) groups is 1. The number of nitrogens with one attached hydrogen (secondary N) is 1. The second kappa shape index (κ2) is 6.34. The molecule has 1 aromatic heterocycles. The summed E-state index contributed by atoms with van der Waals surface area (Å²) in [5, 5.41) is 3.40. The van der Waals surface area contributed by atoms with Crippen LogP contribution in [0.1, 0.15) is 17.4 Å². The Balaban J connectivity index is 2.18. The quantitative estimate of drug-likeness (QED) is 0.916. The first-order valence-corrected chi connectivity index (χ1v) is 8.03. The zero-order valence-corrected chi connectivity index (χ0v) is 12.3. The molecule has 0 atom stereocenters. The summed E-state index contributed by atoms with van der Waals surface area (Å²) in [5.41, 5.74) is 0.257. The summed E-state index contributed by atoms with van der Waals surface area (Å²) in [6, 6.07) is 3.41. The van der Waals surface area contributed by atoms with Crippen LogP contribution in [0.2, 0.25) is 5.02 Å². The lowest BCUT2D eigenvalue weighted by molar-refractivity contribution is 0.0766. The van der Waals surface area contributed by atoms with Gasteiger partial charge >= 0.3 is 0 Å². The molecule has 1 N–H and O–H groups in total. The van der Waals surface area contributed by atoms with Gasteiger partial charge in [-0.1, -0.05) is 11.6 Å². The first-order chi connectivity index (χ1) is 9.11. The fraction of sp³-hybridized carbons (Fsp3) is 0.500. The summed E-state index contributed by atoms with van der Waals surface area (Å²) in [7, 11) is -0.806. The Labute approximate surface area is 119 Å². The van der Waals surface area contributed by atoms with E-state index in [-0.39, 0.29) is 11.6 Å². The highest BCUT2D eigenvalue weighted by Crippen LogP contribution is 2.19. The molecule has 7 heteroatoms. The number of hydrogen-bond acceptors (Lipinski definition) is 4. The predicted molar refractivity (Wildman–Crippen MR) is 77.2 cm³/mol. The average molecular weight is 302 g/mol. The standard InChI is InChI=1S/C12H16ClN3O2S/c1-2-14-10-4-3-9(13)11(15-10)12(17)16-5-7-19(18)8-6-16/h3-4H,2,5-8H2,1H3,(H,14,15). The van der Waals surface area contributed by atoms with Crippen LogP contribution < -0.4 is 5.32 Å². The second-order valence-corrected chi connectivity index (χ2v) is 6.30. The second-order valence-electron chi connectivity index (χ2n) is 4.20. The van der Waals surface area contributed by atoms with Crippen molar-refractivity contribution in [2.75, 3.05) is 36.5 Å². The normalized spacial score (nSPS) is 16.4. The van der Waals surface area contributed by atoms with Gasteiger partial charge in [0.2, 0.25) is 0 Å². The lowest BCUT2D eigenvalue weighted by Gasteiger charge is -2.26. The predicted octanol–water partition coefficient (Wildman–Crippen LogP) is 1.37. The summed E-state index contributed by atoms with van der Waals surface area (Å²) >= 11 is 6.04. The number of hydrogen-bond donors (Lipinski definition) is 1. The first kappa shape index (κ1) is 14.3. The number of pyridine rings is 1. The van der Waals surface area contributed by atoms with Gasteiger partial charge in [0.1, 0.15) is 11.5 Å². The van der Waals surface area contributed by atoms with Crippen LogP contribution in [0.15, 0.2) is 12.1 Å². The molecule has 2 rings (SSSR count). The molecular weight excluding hydrogens is 286 g/mol. The molecule has 5 nitrogen and oxygen atoms in total. The van der Waals surface area contributed by atoms with Crippen molar-refractivity contribution < 1.29 is 9.00 Å². The maximum Gasteiger partial charge on any atom is 0.274 e. The Morgan fingerprint density at radius 3 is 2.79 bits per heavy atom. The number of carbonyl (C=O) groups excluding carboxylic acids is 1. The highest BCUT2D eigenvalue weighted by atomic mass is 35.5. The summed E-state index contributed by atoms with van der Waals surface area (Å²) in [6.45, 7) is 3.67. The Morgan fingerprint density at radius 1 is 1.47 bits per heavy atom. The first-order valence-electron chi connectivity index (χ1n) is 6.16. The van der Waals surface area contributed by atoms with Gasteiger partial charge < -0.3 is 10.2 Å². The molecule has 0 spiro atoms. The summed E-state index contributed by atoms with van der Waals surface area (Å²) in [6.07, 6.45) is 0. The van der Waals surface area contributed by atoms with Crippen molar-refractivity contribution >= 4 is 34.1 Å². The van der Waals surface area contributed by atoms with Crippen LogP contribution in [0.25, 0.3) is 0 Å². The Bertz CT molecular complexity index is 500. The van der Waals surface area contributed by atoms with Crippen molar-refractivity contribution in [3.05, 3.63) is 22.8 Å². The van der Waals surface area contributed by atoms with E-state index in [1.807, 2.05) is 6.92 Å². The van der Waals surface area contributed by atoms with Crippen molar-refractivity contribution in [3.8, 4) is 0 Å². The van der Waals surface area contributed by atoms with Crippen LogP contribution in [-0.4, -0.2) is 51.1 Å². The average Bonchev–Trinajstić information content (AvgIpc) is 2.41. The molecule has 0 unspecified atom stereocenters. The number of rotatable bonds is 3. The molecule has 1 saturated heterocycles. The molecule has 1 aliphatic rings. The smallest absolute Gasteiger partial charge is 0.274 e. The summed E-state index contributed by atoms with van der Waals surface area (Å²) in [5.74, 6) is 1.49. The summed E-state index contributed by atoms with van der Waals surface area (Å²) in [4.78, 5) is 18.2. The minimum Gasteiger partial charge on any atom is -0.370 e. The number of nitrogens with zero attached hydrogens (tertiary/aromatic N) is 2. The van der Waals surface area contributed by atoms with E-state index in [0.717, 1.165) is 6.54 Å². The third-order valence-corrected chi connectivity index (χ3v) is 4.45. The van der Waals surface area contributed by atoms with Gasteiger partial charge in [-0.25, -0.2) is 4.98 Å². The van der Waals surface area contributed by atoms with Crippen LogP contribution in [-0.2, 0) is 10.8 Å². The molecule has 1 aromatic rings. The molecule has 1 aliphatic heterocycles. The molecule has 19 heavy (non-hydrogen) atoms. The van der Waals surface area contributed by atoms with Gasteiger partial charge in [-0.3, -0.25) is 9.00 Å². The fourth-order valence-corrected chi connectivity index (χ4v) is 3.10. The zero-order valence-electron chi connectivity index (χ0n) is 10.7. The van der Waals surface area contributed by atoms with Crippen molar-refractivity contribution in [2.45, 2.75) is 6.92 Å². The van der Waals surface area contributed by atoms with Crippen molar-refractivity contribution in [1.82, 2.24) is 9.88 Å². The van der Waals surface area contributed by atoms with E-state index in [1.54, 1.807) is 17.0 Å². The van der Waals surface area contributed by atoms with Crippen LogP contribution in [0.3, 0.4) is 0 Å². The van der Waals surface area contributed by atoms with E-state index in [9.17, 15) is 9.00 Å². The molecule has 0 aliphatic carbocycles. The van der Waals surface area contributed by atoms with Crippen molar-refractivity contribution in [1.29, 1.82) is 0 Å². The molecule has 0 aromatic carbocycles. The van der Waals surface area contributed by atoms with Crippen molar-refractivity contribution in [2.24, 2.45) is 0 Å². The molecule has 0 bridgehead atoms. The lowest BCUT2D eigenvalue weighted by Crippen LogP contribution is -2.42. The molecule has 1 fully saturated rings. The minimum absolute atomic E-state index is 0.193. The maximum absolute atomic E-state index is 12.3. The molecule has 2 heterocycles. The number of amides is 1. The molecule has 0 saturated carbocycles. The van der Waals surface area contributed by atoms with Crippen LogP contribution in [0, 0.1) is 0 Å². The van der Waals surface area contributed by atoms with Gasteiger partial charge in [-0.15, -0.1) is 0 Å². The van der Waals surface area contributed by atoms with Gasteiger partial charge in [-0.2, -0.15) is 0 Å². The van der Waals surface area contributed by atoms with Gasteiger partial charge in [0.05, 0.1) is 5.02 Å². The Hall–Kier alpha value is -1.14. The molecule has 0 radical (unpaired) electrons. The van der Waals surface area contributed by atoms with E-state index in [4.69, 9.17) is 11.6 Å². The monoisotopic (exact) mass is 301 g/mol. The highest BCUT2D eigenvalue weighted by molar-refractivity contribution is 7.85. The highest BCUT2D eigenvalue weighted by Gasteiger charge is 2.24.